The molecule has 0 bridgehead atoms. The molecule has 1 saturated carbocycles. The van der Waals surface area contributed by atoms with Crippen LogP contribution in [-0.4, -0.2) is 18.9 Å². The average molecular weight is 266 g/mol. The van der Waals surface area contributed by atoms with Crippen molar-refractivity contribution >= 4 is 11.8 Å². The number of ether oxygens (including phenoxy) is 1. The zero-order valence-electron chi connectivity index (χ0n) is 12.2. The van der Waals surface area contributed by atoms with Crippen LogP contribution in [0.5, 0.6) is 0 Å². The van der Waals surface area contributed by atoms with Gasteiger partial charge in [0.15, 0.2) is 0 Å². The van der Waals surface area contributed by atoms with Crippen molar-refractivity contribution in [3.8, 4) is 0 Å². The smallest absolute Gasteiger partial charge is 0.305 e. The number of methoxy groups -OCH3 is 1. The molecule has 1 rings (SSSR count). The van der Waals surface area contributed by atoms with E-state index in [-0.39, 0.29) is 17.8 Å². The number of esters is 1. The predicted molar refractivity (Wildman–Crippen MR) is 75.8 cm³/mol. The summed E-state index contributed by atoms with van der Waals surface area (Å²) in [7, 11) is 1.42. The monoisotopic (exact) mass is 266 g/mol. The van der Waals surface area contributed by atoms with Crippen LogP contribution < -0.4 is 0 Å². The standard InChI is InChI=1S/C16H26O3/c1-3-4-6-10-14-13(12-16(18)19-2)9-7-5-8-11-15(14)17/h4,6,13-14H,3,5,7-12H2,1-2H3/b6-4-. The van der Waals surface area contributed by atoms with Crippen molar-refractivity contribution in [2.75, 3.05) is 7.11 Å². The zero-order valence-corrected chi connectivity index (χ0v) is 12.2. The van der Waals surface area contributed by atoms with Crippen LogP contribution in [0.15, 0.2) is 12.2 Å². The van der Waals surface area contributed by atoms with E-state index in [0.717, 1.165) is 38.5 Å². The van der Waals surface area contributed by atoms with E-state index in [9.17, 15) is 9.59 Å². The number of allylic oxidation sites excluding steroid dienone is 2. The van der Waals surface area contributed by atoms with E-state index in [1.54, 1.807) is 0 Å². The van der Waals surface area contributed by atoms with Crippen LogP contribution in [0.3, 0.4) is 0 Å². The molecule has 0 spiro atoms. The van der Waals surface area contributed by atoms with Crippen LogP contribution in [0.1, 0.15) is 58.3 Å². The van der Waals surface area contributed by atoms with Crippen molar-refractivity contribution in [3.63, 3.8) is 0 Å². The summed E-state index contributed by atoms with van der Waals surface area (Å²) in [6.45, 7) is 2.09. The zero-order chi connectivity index (χ0) is 14.1. The molecule has 0 amide bonds. The molecule has 3 heteroatoms. The molecule has 108 valence electrons. The Balaban J connectivity index is 2.73. The van der Waals surface area contributed by atoms with E-state index in [0.29, 0.717) is 18.6 Å². The first-order chi connectivity index (χ1) is 9.19. The molecule has 2 atom stereocenters. The number of hydrogen-bond acceptors (Lipinski definition) is 3. The van der Waals surface area contributed by atoms with E-state index in [4.69, 9.17) is 4.74 Å². The Bertz CT molecular complexity index is 320. The highest BCUT2D eigenvalue weighted by Gasteiger charge is 2.29. The molecule has 1 aliphatic carbocycles. The van der Waals surface area contributed by atoms with Crippen molar-refractivity contribution < 1.29 is 14.3 Å². The number of carbonyl (C=O) groups is 2. The summed E-state index contributed by atoms with van der Waals surface area (Å²) in [6.07, 6.45) is 11.2. The van der Waals surface area contributed by atoms with E-state index in [1.165, 1.54) is 7.11 Å². The quantitative estimate of drug-likeness (QED) is 0.563. The Morgan fingerprint density at radius 3 is 2.79 bits per heavy atom. The van der Waals surface area contributed by atoms with Gasteiger partial charge in [-0.2, -0.15) is 0 Å². The van der Waals surface area contributed by atoms with Gasteiger partial charge >= 0.3 is 5.97 Å². The SMILES string of the molecule is CC/C=C\CC1C(=O)CCCCCC1CC(=O)OC. The molecule has 0 aliphatic heterocycles. The van der Waals surface area contributed by atoms with Crippen LogP contribution in [0.2, 0.25) is 0 Å². The Morgan fingerprint density at radius 1 is 1.32 bits per heavy atom. The minimum Gasteiger partial charge on any atom is -0.469 e. The van der Waals surface area contributed by atoms with Crippen LogP contribution >= 0.6 is 0 Å². The van der Waals surface area contributed by atoms with Gasteiger partial charge in [-0.25, -0.2) is 0 Å². The molecular formula is C16H26O3. The Hall–Kier alpha value is -1.12. The predicted octanol–water partition coefficient (Wildman–Crippen LogP) is 3.67. The minimum atomic E-state index is -0.192. The number of carbonyl (C=O) groups excluding carboxylic acids is 2. The maximum Gasteiger partial charge on any atom is 0.305 e. The third-order valence-electron chi connectivity index (χ3n) is 3.93. The highest BCUT2D eigenvalue weighted by molar-refractivity contribution is 5.82. The number of rotatable bonds is 5. The van der Waals surface area contributed by atoms with Crippen molar-refractivity contribution in [2.45, 2.75) is 58.3 Å². The summed E-state index contributed by atoms with van der Waals surface area (Å²) in [5, 5.41) is 0. The largest absolute Gasteiger partial charge is 0.469 e. The first-order valence-corrected chi connectivity index (χ1v) is 7.43. The topological polar surface area (TPSA) is 43.4 Å². The summed E-state index contributed by atoms with van der Waals surface area (Å²) < 4.78 is 4.77. The average Bonchev–Trinajstić information content (AvgIpc) is 2.40. The Labute approximate surface area is 116 Å². The van der Waals surface area contributed by atoms with Gasteiger partial charge in [-0.3, -0.25) is 9.59 Å². The first-order valence-electron chi connectivity index (χ1n) is 7.43. The van der Waals surface area contributed by atoms with Crippen molar-refractivity contribution in [3.05, 3.63) is 12.2 Å². The molecule has 0 aromatic rings. The Morgan fingerprint density at radius 2 is 2.11 bits per heavy atom. The fraction of sp³-hybridized carbons (Fsp3) is 0.750. The summed E-state index contributed by atoms with van der Waals surface area (Å²) in [4.78, 5) is 23.8. The van der Waals surface area contributed by atoms with Gasteiger partial charge < -0.3 is 4.74 Å². The van der Waals surface area contributed by atoms with Gasteiger partial charge in [0.25, 0.3) is 0 Å². The summed E-state index contributed by atoms with van der Waals surface area (Å²) in [6, 6.07) is 0. The second kappa shape index (κ2) is 8.89. The molecule has 0 N–H and O–H groups in total. The molecule has 19 heavy (non-hydrogen) atoms. The lowest BCUT2D eigenvalue weighted by atomic mass is 9.77. The molecule has 0 saturated heterocycles. The van der Waals surface area contributed by atoms with E-state index in [2.05, 4.69) is 19.1 Å². The van der Waals surface area contributed by atoms with Crippen LogP contribution in [0.25, 0.3) is 0 Å². The van der Waals surface area contributed by atoms with Crippen LogP contribution in [0.4, 0.5) is 0 Å². The number of ketones is 1. The van der Waals surface area contributed by atoms with Crippen molar-refractivity contribution in [2.24, 2.45) is 11.8 Å². The summed E-state index contributed by atoms with van der Waals surface area (Å²) in [5.74, 6) is 0.293. The van der Waals surface area contributed by atoms with Crippen LogP contribution in [0, 0.1) is 11.8 Å². The third-order valence-corrected chi connectivity index (χ3v) is 3.93. The van der Waals surface area contributed by atoms with Gasteiger partial charge in [0, 0.05) is 18.8 Å². The second-order valence-electron chi connectivity index (χ2n) is 5.33. The minimum absolute atomic E-state index is 0.00204. The maximum absolute atomic E-state index is 12.3. The molecule has 3 nitrogen and oxygen atoms in total. The lowest BCUT2D eigenvalue weighted by molar-refractivity contribution is -0.142. The lowest BCUT2D eigenvalue weighted by Crippen LogP contribution is -2.27. The van der Waals surface area contributed by atoms with Crippen molar-refractivity contribution in [1.29, 1.82) is 0 Å². The highest BCUT2D eigenvalue weighted by atomic mass is 16.5. The maximum atomic E-state index is 12.3. The number of Topliss-reactive ketones (excluding diaryl/α,β-unsaturated/α-hetero) is 1. The second-order valence-corrected chi connectivity index (χ2v) is 5.33. The molecule has 0 radical (unpaired) electrons. The van der Waals surface area contributed by atoms with Gasteiger partial charge in [-0.15, -0.1) is 0 Å². The van der Waals surface area contributed by atoms with Gasteiger partial charge in [-0.05, 0) is 31.6 Å². The lowest BCUT2D eigenvalue weighted by Gasteiger charge is -2.26. The molecule has 0 heterocycles. The fourth-order valence-corrected chi connectivity index (χ4v) is 2.81. The molecule has 0 aromatic carbocycles. The molecule has 1 aliphatic rings. The van der Waals surface area contributed by atoms with E-state index in [1.807, 2.05) is 0 Å². The normalized spacial score (nSPS) is 25.1. The molecular weight excluding hydrogens is 240 g/mol. The van der Waals surface area contributed by atoms with E-state index >= 15 is 0 Å². The van der Waals surface area contributed by atoms with Gasteiger partial charge in [0.2, 0.25) is 0 Å². The van der Waals surface area contributed by atoms with Gasteiger partial charge in [0.1, 0.15) is 5.78 Å². The van der Waals surface area contributed by atoms with Gasteiger partial charge in [-0.1, -0.05) is 31.9 Å². The van der Waals surface area contributed by atoms with Crippen LogP contribution in [-0.2, 0) is 14.3 Å². The van der Waals surface area contributed by atoms with Gasteiger partial charge in [0.05, 0.1) is 7.11 Å². The molecule has 1 fully saturated rings. The van der Waals surface area contributed by atoms with Crippen molar-refractivity contribution in [1.82, 2.24) is 0 Å². The first kappa shape index (κ1) is 15.9. The highest BCUT2D eigenvalue weighted by Crippen LogP contribution is 2.31. The fourth-order valence-electron chi connectivity index (χ4n) is 2.81. The summed E-state index contributed by atoms with van der Waals surface area (Å²) in [5.41, 5.74) is 0. The third kappa shape index (κ3) is 5.58. The number of hydrogen-bond donors (Lipinski definition) is 0. The summed E-state index contributed by atoms with van der Waals surface area (Å²) >= 11 is 0. The molecule has 2 unspecified atom stereocenters. The Kier molecular flexibility index (Phi) is 7.46. The van der Waals surface area contributed by atoms with E-state index < -0.39 is 0 Å². The molecule has 0 aromatic heterocycles.